The van der Waals surface area contributed by atoms with Crippen LogP contribution in [0, 0.1) is 6.92 Å². The van der Waals surface area contributed by atoms with Gasteiger partial charge in [0.25, 0.3) is 11.8 Å². The molecule has 40 heavy (non-hydrogen) atoms. The molecular formula is C32H33N3O5. The molecule has 1 aliphatic rings. The van der Waals surface area contributed by atoms with E-state index in [-0.39, 0.29) is 11.8 Å². The van der Waals surface area contributed by atoms with Crippen LogP contribution in [0.1, 0.15) is 26.4 Å². The van der Waals surface area contributed by atoms with Crippen molar-refractivity contribution in [2.45, 2.75) is 6.92 Å². The highest BCUT2D eigenvalue weighted by atomic mass is 16.5. The molecule has 5 rings (SSSR count). The van der Waals surface area contributed by atoms with Crippen LogP contribution in [0.2, 0.25) is 0 Å². The topological polar surface area (TPSA) is 73.2 Å². The predicted octanol–water partition coefficient (Wildman–Crippen LogP) is 5.08. The molecule has 1 aromatic heterocycles. The lowest BCUT2D eigenvalue weighted by molar-refractivity contribution is 0.0535. The molecular weight excluding hydrogens is 506 g/mol. The van der Waals surface area contributed by atoms with Gasteiger partial charge in [0.1, 0.15) is 5.75 Å². The van der Waals surface area contributed by atoms with Gasteiger partial charge in [-0.2, -0.15) is 0 Å². The van der Waals surface area contributed by atoms with Crippen molar-refractivity contribution in [1.82, 2.24) is 14.4 Å². The monoisotopic (exact) mass is 539 g/mol. The van der Waals surface area contributed by atoms with Gasteiger partial charge in [-0.25, -0.2) is 0 Å². The summed E-state index contributed by atoms with van der Waals surface area (Å²) >= 11 is 0. The second-order valence-electron chi connectivity index (χ2n) is 9.59. The molecule has 2 amide bonds. The lowest BCUT2D eigenvalue weighted by atomic mass is 10.1. The Labute approximate surface area is 234 Å². The van der Waals surface area contributed by atoms with Crippen molar-refractivity contribution < 1.29 is 23.8 Å². The summed E-state index contributed by atoms with van der Waals surface area (Å²) in [6.07, 6.45) is 0. The van der Waals surface area contributed by atoms with Crippen molar-refractivity contribution in [3.05, 3.63) is 95.7 Å². The number of carbonyl (C=O) groups is 2. The van der Waals surface area contributed by atoms with Crippen LogP contribution in [0.15, 0.2) is 78.9 Å². The number of hydrogen-bond donors (Lipinski definition) is 0. The number of piperazine rings is 1. The molecule has 206 valence electrons. The van der Waals surface area contributed by atoms with E-state index in [0.29, 0.717) is 54.6 Å². The highest BCUT2D eigenvalue weighted by Gasteiger charge is 2.29. The largest absolute Gasteiger partial charge is 0.497 e. The van der Waals surface area contributed by atoms with Crippen LogP contribution < -0.4 is 14.2 Å². The predicted molar refractivity (Wildman–Crippen MR) is 154 cm³/mol. The van der Waals surface area contributed by atoms with Crippen molar-refractivity contribution >= 4 is 11.8 Å². The number of ether oxygens (including phenoxy) is 3. The highest BCUT2D eigenvalue weighted by Crippen LogP contribution is 2.35. The van der Waals surface area contributed by atoms with Gasteiger partial charge in [0, 0.05) is 49.2 Å². The molecule has 0 N–H and O–H groups in total. The fraction of sp³-hybridized carbons (Fsp3) is 0.250. The minimum atomic E-state index is -0.0619. The third-order valence-corrected chi connectivity index (χ3v) is 7.34. The van der Waals surface area contributed by atoms with Gasteiger partial charge in [-0.1, -0.05) is 36.4 Å². The number of rotatable bonds is 7. The molecule has 2 heterocycles. The average molecular weight is 540 g/mol. The molecule has 0 radical (unpaired) electrons. The molecule has 0 spiro atoms. The first-order valence-electron chi connectivity index (χ1n) is 13.2. The summed E-state index contributed by atoms with van der Waals surface area (Å²) < 4.78 is 18.3. The Bertz CT molecular complexity index is 1520. The van der Waals surface area contributed by atoms with E-state index in [0.717, 1.165) is 22.6 Å². The average Bonchev–Trinajstić information content (AvgIpc) is 3.37. The maximum absolute atomic E-state index is 13.9. The van der Waals surface area contributed by atoms with Gasteiger partial charge in [0.15, 0.2) is 11.5 Å². The van der Waals surface area contributed by atoms with Crippen molar-refractivity contribution in [2.75, 3.05) is 47.5 Å². The molecule has 0 unspecified atom stereocenters. The number of nitrogens with zero attached hydrogens (tertiary/aromatic N) is 3. The Kier molecular flexibility index (Phi) is 7.77. The minimum absolute atomic E-state index is 0.0533. The summed E-state index contributed by atoms with van der Waals surface area (Å²) in [4.78, 5) is 30.5. The summed E-state index contributed by atoms with van der Waals surface area (Å²) in [6.45, 7) is 3.79. The maximum atomic E-state index is 13.9. The number of benzene rings is 3. The zero-order valence-corrected chi connectivity index (χ0v) is 23.2. The summed E-state index contributed by atoms with van der Waals surface area (Å²) in [6, 6.07) is 24.8. The van der Waals surface area contributed by atoms with Crippen LogP contribution in [-0.4, -0.2) is 73.7 Å². The fourth-order valence-electron chi connectivity index (χ4n) is 5.16. The Morgan fingerprint density at radius 2 is 1.35 bits per heavy atom. The Balaban J connectivity index is 1.42. The molecule has 0 saturated carbocycles. The van der Waals surface area contributed by atoms with E-state index in [1.165, 1.54) is 0 Å². The molecule has 0 atom stereocenters. The van der Waals surface area contributed by atoms with E-state index in [4.69, 9.17) is 14.2 Å². The Morgan fingerprint density at radius 3 is 2.00 bits per heavy atom. The first-order chi connectivity index (χ1) is 19.4. The number of carbonyl (C=O) groups excluding carboxylic acids is 2. The van der Waals surface area contributed by atoms with Gasteiger partial charge in [-0.15, -0.1) is 0 Å². The fourth-order valence-corrected chi connectivity index (χ4v) is 5.16. The molecule has 1 fully saturated rings. The zero-order valence-electron chi connectivity index (χ0n) is 23.2. The van der Waals surface area contributed by atoms with Crippen molar-refractivity contribution in [2.24, 2.45) is 0 Å². The summed E-state index contributed by atoms with van der Waals surface area (Å²) in [5.74, 6) is 1.77. The van der Waals surface area contributed by atoms with Gasteiger partial charge in [-0.05, 0) is 48.9 Å². The van der Waals surface area contributed by atoms with Gasteiger partial charge in [0.2, 0.25) is 0 Å². The Morgan fingerprint density at radius 1 is 0.675 bits per heavy atom. The van der Waals surface area contributed by atoms with Crippen LogP contribution in [-0.2, 0) is 0 Å². The molecule has 0 bridgehead atoms. The van der Waals surface area contributed by atoms with Crippen LogP contribution in [0.25, 0.3) is 16.9 Å². The second kappa shape index (κ2) is 11.6. The minimum Gasteiger partial charge on any atom is -0.497 e. The number of methoxy groups -OCH3 is 3. The Hall–Kier alpha value is -4.72. The maximum Gasteiger partial charge on any atom is 0.255 e. The van der Waals surface area contributed by atoms with Gasteiger partial charge < -0.3 is 28.6 Å². The van der Waals surface area contributed by atoms with Crippen LogP contribution in [0.5, 0.6) is 17.2 Å². The summed E-state index contributed by atoms with van der Waals surface area (Å²) in [5, 5.41) is 0. The molecule has 1 aliphatic heterocycles. The SMILES string of the molecule is COc1cccc(C(=O)N2CCN(C(=O)c3cc(-c4ccccc4)n(-c4ccc(OC)c(OC)c4)c3C)CC2)c1. The molecule has 1 saturated heterocycles. The quantitative estimate of drug-likeness (QED) is 0.328. The van der Waals surface area contributed by atoms with E-state index in [2.05, 4.69) is 4.57 Å². The standard InChI is InChI=1S/C32H33N3O5/c1-22-27(32(37)34-17-15-33(16-18-34)31(36)24-11-8-12-26(19-24)38-2)21-28(23-9-6-5-7-10-23)35(22)25-13-14-29(39-3)30(20-25)40-4/h5-14,19-21H,15-18H2,1-4H3. The molecule has 3 aromatic carbocycles. The normalized spacial score (nSPS) is 13.2. The van der Waals surface area contributed by atoms with E-state index in [1.807, 2.05) is 78.6 Å². The highest BCUT2D eigenvalue weighted by molar-refractivity contribution is 5.98. The van der Waals surface area contributed by atoms with Crippen molar-refractivity contribution in [3.63, 3.8) is 0 Å². The third-order valence-electron chi connectivity index (χ3n) is 7.34. The van der Waals surface area contributed by atoms with Gasteiger partial charge in [-0.3, -0.25) is 9.59 Å². The van der Waals surface area contributed by atoms with E-state index >= 15 is 0 Å². The van der Waals surface area contributed by atoms with Crippen LogP contribution >= 0.6 is 0 Å². The van der Waals surface area contributed by atoms with E-state index in [9.17, 15) is 9.59 Å². The van der Waals surface area contributed by atoms with Gasteiger partial charge >= 0.3 is 0 Å². The number of amides is 2. The number of aromatic nitrogens is 1. The lowest BCUT2D eigenvalue weighted by Crippen LogP contribution is -2.50. The lowest BCUT2D eigenvalue weighted by Gasteiger charge is -2.35. The van der Waals surface area contributed by atoms with Crippen LogP contribution in [0.4, 0.5) is 0 Å². The summed E-state index contributed by atoms with van der Waals surface area (Å²) in [7, 11) is 4.79. The molecule has 0 aliphatic carbocycles. The molecule has 8 heteroatoms. The number of hydrogen-bond acceptors (Lipinski definition) is 5. The molecule has 8 nitrogen and oxygen atoms in total. The summed E-state index contributed by atoms with van der Waals surface area (Å²) in [5.41, 5.74) is 4.79. The smallest absolute Gasteiger partial charge is 0.255 e. The van der Waals surface area contributed by atoms with Crippen LogP contribution in [0.3, 0.4) is 0 Å². The second-order valence-corrected chi connectivity index (χ2v) is 9.59. The zero-order chi connectivity index (χ0) is 28.2. The third kappa shape index (κ3) is 5.12. The first kappa shape index (κ1) is 26.9. The van der Waals surface area contributed by atoms with Crippen molar-refractivity contribution in [1.29, 1.82) is 0 Å². The molecule has 4 aromatic rings. The first-order valence-corrected chi connectivity index (χ1v) is 13.2. The van der Waals surface area contributed by atoms with E-state index < -0.39 is 0 Å². The van der Waals surface area contributed by atoms with Gasteiger partial charge in [0.05, 0.1) is 32.6 Å². The van der Waals surface area contributed by atoms with E-state index in [1.54, 1.807) is 38.4 Å². The van der Waals surface area contributed by atoms with Crippen molar-refractivity contribution in [3.8, 4) is 34.2 Å².